The molecule has 0 aliphatic heterocycles. The van der Waals surface area contributed by atoms with E-state index in [1.807, 2.05) is 50.5 Å². The maximum atomic E-state index is 12.2. The summed E-state index contributed by atoms with van der Waals surface area (Å²) in [5.41, 5.74) is 3.14. The van der Waals surface area contributed by atoms with Crippen molar-refractivity contribution in [2.24, 2.45) is 0 Å². The molecule has 0 saturated heterocycles. The second kappa shape index (κ2) is 8.21. The van der Waals surface area contributed by atoms with Gasteiger partial charge in [-0.2, -0.15) is 0 Å². The summed E-state index contributed by atoms with van der Waals surface area (Å²) in [6, 6.07) is 8.81. The maximum Gasteiger partial charge on any atom is 0.340 e. The molecule has 1 heterocycles. The Hall–Kier alpha value is -2.27. The lowest BCUT2D eigenvalue weighted by atomic mass is 10.1. The van der Waals surface area contributed by atoms with Crippen LogP contribution in [0, 0.1) is 13.8 Å². The van der Waals surface area contributed by atoms with Crippen molar-refractivity contribution in [3.8, 4) is 0 Å². The molecule has 5 nitrogen and oxygen atoms in total. The fourth-order valence-corrected chi connectivity index (χ4v) is 3.19. The molecule has 0 spiro atoms. The molecule has 0 bridgehead atoms. The normalized spacial score (nSPS) is 11.9. The number of amides is 1. The van der Waals surface area contributed by atoms with Crippen LogP contribution in [0.4, 0.5) is 0 Å². The van der Waals surface area contributed by atoms with Crippen LogP contribution in [-0.4, -0.2) is 23.1 Å². The fraction of sp³-hybridized carbons (Fsp3) is 0.368. The molecular formula is C19H23ClN2O3. The van der Waals surface area contributed by atoms with Crippen LogP contribution >= 0.6 is 11.6 Å². The van der Waals surface area contributed by atoms with Gasteiger partial charge in [0.05, 0.1) is 11.6 Å². The van der Waals surface area contributed by atoms with Crippen LogP contribution in [0.5, 0.6) is 0 Å². The van der Waals surface area contributed by atoms with E-state index in [9.17, 15) is 9.59 Å². The number of carbonyl (C=O) groups excluding carboxylic acids is 2. The van der Waals surface area contributed by atoms with Crippen LogP contribution in [-0.2, 0) is 16.1 Å². The molecule has 1 N–H and O–H groups in total. The second-order valence-electron chi connectivity index (χ2n) is 5.92. The molecule has 1 aromatic carbocycles. The Balaban J connectivity index is 1.94. The average Bonchev–Trinajstić information content (AvgIpc) is 2.87. The van der Waals surface area contributed by atoms with Crippen LogP contribution in [0.15, 0.2) is 30.3 Å². The molecule has 1 amide bonds. The summed E-state index contributed by atoms with van der Waals surface area (Å²) in [6.07, 6.45) is 0. The number of aromatic nitrogens is 1. The maximum absolute atomic E-state index is 12.2. The molecule has 25 heavy (non-hydrogen) atoms. The minimum atomic E-state index is -0.492. The van der Waals surface area contributed by atoms with Crippen molar-refractivity contribution in [1.82, 2.24) is 9.88 Å². The molecule has 0 aliphatic rings. The third-order valence-electron chi connectivity index (χ3n) is 4.19. The van der Waals surface area contributed by atoms with Gasteiger partial charge >= 0.3 is 5.97 Å². The number of hydrogen-bond donors (Lipinski definition) is 1. The van der Waals surface area contributed by atoms with Crippen LogP contribution in [0.1, 0.15) is 47.2 Å². The van der Waals surface area contributed by atoms with Crippen molar-refractivity contribution in [1.29, 1.82) is 0 Å². The number of halogens is 1. The van der Waals surface area contributed by atoms with Gasteiger partial charge in [-0.15, -0.1) is 0 Å². The van der Waals surface area contributed by atoms with E-state index in [0.717, 1.165) is 23.5 Å². The highest BCUT2D eigenvalue weighted by Crippen LogP contribution is 2.22. The number of aryl methyl sites for hydroxylation is 1. The van der Waals surface area contributed by atoms with Gasteiger partial charge in [0.2, 0.25) is 0 Å². The Kier molecular flexibility index (Phi) is 6.26. The summed E-state index contributed by atoms with van der Waals surface area (Å²) in [7, 11) is 0. The predicted molar refractivity (Wildman–Crippen MR) is 97.9 cm³/mol. The van der Waals surface area contributed by atoms with Crippen molar-refractivity contribution >= 4 is 23.5 Å². The second-order valence-corrected chi connectivity index (χ2v) is 6.32. The number of hydrogen-bond acceptors (Lipinski definition) is 3. The van der Waals surface area contributed by atoms with E-state index < -0.39 is 5.97 Å². The zero-order chi connectivity index (χ0) is 18.6. The Morgan fingerprint density at radius 3 is 2.56 bits per heavy atom. The van der Waals surface area contributed by atoms with Crippen LogP contribution in [0.2, 0.25) is 5.02 Å². The van der Waals surface area contributed by atoms with Gasteiger partial charge in [-0.3, -0.25) is 4.79 Å². The largest absolute Gasteiger partial charge is 0.452 e. The highest BCUT2D eigenvalue weighted by molar-refractivity contribution is 6.31. The van der Waals surface area contributed by atoms with Crippen molar-refractivity contribution in [2.45, 2.75) is 40.3 Å². The van der Waals surface area contributed by atoms with Crippen LogP contribution < -0.4 is 5.32 Å². The molecule has 0 unspecified atom stereocenters. The van der Waals surface area contributed by atoms with Gasteiger partial charge < -0.3 is 14.6 Å². The Bertz CT molecular complexity index is 783. The van der Waals surface area contributed by atoms with Gasteiger partial charge in [0, 0.05) is 23.0 Å². The van der Waals surface area contributed by atoms with Gasteiger partial charge in [-0.1, -0.05) is 29.8 Å². The van der Waals surface area contributed by atoms with Gasteiger partial charge in [0.15, 0.2) is 6.61 Å². The van der Waals surface area contributed by atoms with Crippen molar-refractivity contribution in [2.75, 3.05) is 6.61 Å². The summed E-state index contributed by atoms with van der Waals surface area (Å²) in [4.78, 5) is 24.3. The third kappa shape index (κ3) is 4.42. The van der Waals surface area contributed by atoms with Crippen LogP contribution in [0.3, 0.4) is 0 Å². The molecule has 2 aromatic rings. The van der Waals surface area contributed by atoms with Crippen molar-refractivity contribution in [3.05, 3.63) is 57.9 Å². The summed E-state index contributed by atoms with van der Waals surface area (Å²) >= 11 is 6.12. The highest BCUT2D eigenvalue weighted by atomic mass is 35.5. The predicted octanol–water partition coefficient (Wildman–Crippen LogP) is 3.81. The van der Waals surface area contributed by atoms with Gasteiger partial charge in [0.25, 0.3) is 5.91 Å². The van der Waals surface area contributed by atoms with Crippen molar-refractivity contribution < 1.29 is 14.3 Å². The summed E-state index contributed by atoms with van der Waals surface area (Å²) in [6.45, 7) is 8.09. The Morgan fingerprint density at radius 2 is 1.96 bits per heavy atom. The first-order valence-electron chi connectivity index (χ1n) is 8.22. The third-order valence-corrected chi connectivity index (χ3v) is 4.54. The summed E-state index contributed by atoms with van der Waals surface area (Å²) < 4.78 is 7.18. The first kappa shape index (κ1) is 19.1. The van der Waals surface area contributed by atoms with E-state index in [1.54, 1.807) is 12.1 Å². The monoisotopic (exact) mass is 362 g/mol. The highest BCUT2D eigenvalue weighted by Gasteiger charge is 2.18. The zero-order valence-electron chi connectivity index (χ0n) is 14.9. The smallest absolute Gasteiger partial charge is 0.340 e. The number of benzene rings is 1. The van der Waals surface area contributed by atoms with Gasteiger partial charge in [-0.05, 0) is 45.4 Å². The lowest BCUT2D eigenvalue weighted by Gasteiger charge is -2.15. The number of nitrogens with zero attached hydrogens (tertiary/aromatic N) is 1. The molecule has 2 rings (SSSR count). The minimum Gasteiger partial charge on any atom is -0.452 e. The minimum absolute atomic E-state index is 0.273. The molecule has 1 aromatic heterocycles. The fourth-order valence-electron chi connectivity index (χ4n) is 2.89. The number of ether oxygens (including phenoxy) is 1. The Morgan fingerprint density at radius 1 is 1.28 bits per heavy atom. The lowest BCUT2D eigenvalue weighted by molar-refractivity contribution is -0.124. The van der Waals surface area contributed by atoms with E-state index in [2.05, 4.69) is 5.32 Å². The molecule has 0 aliphatic carbocycles. The van der Waals surface area contributed by atoms with Crippen molar-refractivity contribution in [3.63, 3.8) is 0 Å². The molecule has 0 fully saturated rings. The average molecular weight is 363 g/mol. The molecule has 0 saturated carbocycles. The van der Waals surface area contributed by atoms with E-state index in [1.165, 1.54) is 0 Å². The number of rotatable bonds is 6. The van der Waals surface area contributed by atoms with Crippen LogP contribution in [0.25, 0.3) is 0 Å². The van der Waals surface area contributed by atoms with E-state index >= 15 is 0 Å². The molecular weight excluding hydrogens is 340 g/mol. The first-order chi connectivity index (χ1) is 11.8. The standard InChI is InChI=1S/C19H23ClN2O3/c1-5-22-12(2)10-16(14(22)4)19(24)25-11-18(23)21-13(3)15-8-6-7-9-17(15)20/h6-10,13H,5,11H2,1-4H3,(H,21,23)/t13-/m0/s1. The lowest BCUT2D eigenvalue weighted by Crippen LogP contribution is -2.31. The van der Waals surface area contributed by atoms with E-state index in [0.29, 0.717) is 10.6 Å². The Labute approximate surface area is 152 Å². The zero-order valence-corrected chi connectivity index (χ0v) is 15.7. The number of nitrogens with one attached hydrogen (secondary N) is 1. The summed E-state index contributed by atoms with van der Waals surface area (Å²) in [5.74, 6) is -0.863. The molecule has 0 radical (unpaired) electrons. The first-order valence-corrected chi connectivity index (χ1v) is 8.60. The number of esters is 1. The molecule has 1 atom stereocenters. The molecule has 6 heteroatoms. The quantitative estimate of drug-likeness (QED) is 0.795. The summed E-state index contributed by atoms with van der Waals surface area (Å²) in [5, 5.41) is 3.36. The van der Waals surface area contributed by atoms with Gasteiger partial charge in [-0.25, -0.2) is 4.79 Å². The topological polar surface area (TPSA) is 60.3 Å². The van der Waals surface area contributed by atoms with E-state index in [-0.39, 0.29) is 18.6 Å². The van der Waals surface area contributed by atoms with E-state index in [4.69, 9.17) is 16.3 Å². The SMILES string of the molecule is CCn1c(C)cc(C(=O)OCC(=O)N[C@@H](C)c2ccccc2Cl)c1C. The number of carbonyl (C=O) groups is 2. The van der Waals surface area contributed by atoms with Gasteiger partial charge in [0.1, 0.15) is 0 Å². The molecule has 134 valence electrons.